The maximum absolute atomic E-state index is 13.4. The number of amides is 2. The first kappa shape index (κ1) is 15.4. The molecular formula is C14H21FN2O2. The maximum atomic E-state index is 13.4. The fourth-order valence-corrected chi connectivity index (χ4v) is 1.40. The van der Waals surface area contributed by atoms with E-state index in [1.807, 2.05) is 27.7 Å². The van der Waals surface area contributed by atoms with E-state index in [-0.39, 0.29) is 17.6 Å². The van der Waals surface area contributed by atoms with Crippen LogP contribution in [0.2, 0.25) is 0 Å². The molecule has 1 atom stereocenters. The molecule has 1 aromatic carbocycles. The van der Waals surface area contributed by atoms with E-state index in [0.717, 1.165) is 5.56 Å². The van der Waals surface area contributed by atoms with Crippen molar-refractivity contribution in [3.8, 4) is 0 Å². The van der Waals surface area contributed by atoms with Crippen LogP contribution in [0.25, 0.3) is 0 Å². The van der Waals surface area contributed by atoms with E-state index in [4.69, 9.17) is 0 Å². The van der Waals surface area contributed by atoms with E-state index in [0.29, 0.717) is 0 Å². The summed E-state index contributed by atoms with van der Waals surface area (Å²) in [5.74, 6) is -0.489. The summed E-state index contributed by atoms with van der Waals surface area (Å²) in [6.45, 7) is 7.54. The van der Waals surface area contributed by atoms with E-state index in [9.17, 15) is 14.3 Å². The molecule has 0 aromatic heterocycles. The Morgan fingerprint density at radius 2 is 2.05 bits per heavy atom. The molecule has 0 aliphatic carbocycles. The van der Waals surface area contributed by atoms with Crippen LogP contribution in [0.4, 0.5) is 14.9 Å². The highest BCUT2D eigenvalue weighted by Gasteiger charge is 2.22. The van der Waals surface area contributed by atoms with Crippen LogP contribution in [0.3, 0.4) is 0 Å². The van der Waals surface area contributed by atoms with Crippen molar-refractivity contribution in [1.82, 2.24) is 5.32 Å². The molecule has 0 aliphatic heterocycles. The predicted octanol–water partition coefficient (Wildman–Crippen LogP) is 2.66. The highest BCUT2D eigenvalue weighted by atomic mass is 19.1. The molecular weight excluding hydrogens is 247 g/mol. The van der Waals surface area contributed by atoms with Gasteiger partial charge in [0, 0.05) is 6.54 Å². The zero-order chi connectivity index (χ0) is 14.6. The summed E-state index contributed by atoms with van der Waals surface area (Å²) in [5.41, 5.74) is 0.663. The third-order valence-corrected chi connectivity index (χ3v) is 2.83. The lowest BCUT2D eigenvalue weighted by atomic mass is 9.89. The minimum Gasteiger partial charge on any atom is -0.391 e. The lowest BCUT2D eigenvalue weighted by molar-refractivity contribution is 0.0654. The highest BCUT2D eigenvalue weighted by molar-refractivity contribution is 5.89. The summed E-state index contributed by atoms with van der Waals surface area (Å²) in [7, 11) is 0. The van der Waals surface area contributed by atoms with Gasteiger partial charge in [-0.15, -0.1) is 0 Å². The van der Waals surface area contributed by atoms with Crippen LogP contribution in [0.15, 0.2) is 18.2 Å². The fourth-order valence-electron chi connectivity index (χ4n) is 1.40. The monoisotopic (exact) mass is 268 g/mol. The second-order valence-electron chi connectivity index (χ2n) is 5.70. The van der Waals surface area contributed by atoms with Crippen LogP contribution in [-0.2, 0) is 0 Å². The Labute approximate surface area is 113 Å². The molecule has 4 nitrogen and oxygen atoms in total. The average molecular weight is 268 g/mol. The largest absolute Gasteiger partial charge is 0.391 e. The number of hydrogen-bond donors (Lipinski definition) is 3. The van der Waals surface area contributed by atoms with Crippen molar-refractivity contribution >= 4 is 11.7 Å². The molecule has 0 bridgehead atoms. The minimum absolute atomic E-state index is 0.114. The first-order valence-electron chi connectivity index (χ1n) is 6.19. The molecule has 19 heavy (non-hydrogen) atoms. The highest BCUT2D eigenvalue weighted by Crippen LogP contribution is 2.18. The number of aliphatic hydroxyl groups is 1. The van der Waals surface area contributed by atoms with E-state index >= 15 is 0 Å². The molecule has 0 saturated carbocycles. The maximum Gasteiger partial charge on any atom is 0.319 e. The summed E-state index contributed by atoms with van der Waals surface area (Å²) in [5, 5.41) is 14.7. The second kappa shape index (κ2) is 6.02. The van der Waals surface area contributed by atoms with Crippen LogP contribution in [0, 0.1) is 18.2 Å². The van der Waals surface area contributed by atoms with Crippen LogP contribution >= 0.6 is 0 Å². The van der Waals surface area contributed by atoms with Gasteiger partial charge in [0.25, 0.3) is 0 Å². The van der Waals surface area contributed by atoms with Crippen molar-refractivity contribution < 1.29 is 14.3 Å². The molecule has 2 amide bonds. The summed E-state index contributed by atoms with van der Waals surface area (Å²) in [4.78, 5) is 11.6. The molecule has 0 saturated heterocycles. The van der Waals surface area contributed by atoms with Crippen molar-refractivity contribution in [2.75, 3.05) is 11.9 Å². The van der Waals surface area contributed by atoms with Gasteiger partial charge in [0.2, 0.25) is 0 Å². The molecule has 0 fully saturated rings. The number of aryl methyl sites for hydroxylation is 1. The van der Waals surface area contributed by atoms with Gasteiger partial charge in [-0.1, -0.05) is 26.8 Å². The third kappa shape index (κ3) is 4.87. The van der Waals surface area contributed by atoms with Crippen LogP contribution in [0.1, 0.15) is 26.3 Å². The minimum atomic E-state index is -0.666. The van der Waals surface area contributed by atoms with E-state index in [1.54, 1.807) is 12.1 Å². The smallest absolute Gasteiger partial charge is 0.319 e. The zero-order valence-corrected chi connectivity index (χ0v) is 11.7. The lowest BCUT2D eigenvalue weighted by Gasteiger charge is -2.25. The summed E-state index contributed by atoms with van der Waals surface area (Å²) >= 11 is 0. The number of aliphatic hydroxyl groups excluding tert-OH is 1. The van der Waals surface area contributed by atoms with Crippen molar-refractivity contribution in [3.63, 3.8) is 0 Å². The first-order valence-corrected chi connectivity index (χ1v) is 6.19. The standard InChI is InChI=1S/C14H21FN2O2/c1-9-5-6-10(15)11(7-9)17-13(19)16-8-12(18)14(2,3)4/h5-7,12,18H,8H2,1-4H3,(H2,16,17,19). The van der Waals surface area contributed by atoms with Crippen LogP contribution in [-0.4, -0.2) is 23.8 Å². The Balaban J connectivity index is 2.54. The molecule has 0 heterocycles. The second-order valence-corrected chi connectivity index (χ2v) is 5.70. The van der Waals surface area contributed by atoms with Gasteiger partial charge < -0.3 is 15.7 Å². The van der Waals surface area contributed by atoms with Gasteiger partial charge in [0.05, 0.1) is 11.8 Å². The molecule has 0 radical (unpaired) electrons. The van der Waals surface area contributed by atoms with Crippen molar-refractivity contribution in [1.29, 1.82) is 0 Å². The topological polar surface area (TPSA) is 61.4 Å². The molecule has 1 aromatic rings. The number of halogens is 1. The van der Waals surface area contributed by atoms with Gasteiger partial charge in [0.1, 0.15) is 5.82 Å². The van der Waals surface area contributed by atoms with Crippen molar-refractivity contribution in [2.45, 2.75) is 33.8 Å². The molecule has 5 heteroatoms. The quantitative estimate of drug-likeness (QED) is 0.789. The normalized spacial score (nSPS) is 12.9. The predicted molar refractivity (Wildman–Crippen MR) is 73.6 cm³/mol. The Morgan fingerprint density at radius 3 is 2.63 bits per heavy atom. The van der Waals surface area contributed by atoms with Crippen LogP contribution < -0.4 is 10.6 Å². The van der Waals surface area contributed by atoms with E-state index in [2.05, 4.69) is 10.6 Å². The number of carbonyl (C=O) groups is 1. The lowest BCUT2D eigenvalue weighted by Crippen LogP contribution is -2.41. The van der Waals surface area contributed by atoms with Gasteiger partial charge in [-0.2, -0.15) is 0 Å². The number of rotatable bonds is 3. The van der Waals surface area contributed by atoms with Crippen molar-refractivity contribution in [2.24, 2.45) is 5.41 Å². The zero-order valence-electron chi connectivity index (χ0n) is 11.7. The summed E-state index contributed by atoms with van der Waals surface area (Å²) < 4.78 is 13.4. The van der Waals surface area contributed by atoms with Crippen LogP contribution in [0.5, 0.6) is 0 Å². The number of hydrogen-bond acceptors (Lipinski definition) is 2. The summed E-state index contributed by atoms with van der Waals surface area (Å²) in [6, 6.07) is 3.94. The Bertz CT molecular complexity index is 455. The SMILES string of the molecule is Cc1ccc(F)c(NC(=O)NCC(O)C(C)(C)C)c1. The molecule has 0 aliphatic rings. The third-order valence-electron chi connectivity index (χ3n) is 2.83. The number of urea groups is 1. The number of carbonyl (C=O) groups excluding carboxylic acids is 1. The number of benzene rings is 1. The molecule has 0 spiro atoms. The van der Waals surface area contributed by atoms with Gasteiger partial charge in [0.15, 0.2) is 0 Å². The first-order chi connectivity index (χ1) is 8.70. The van der Waals surface area contributed by atoms with Gasteiger partial charge in [-0.25, -0.2) is 9.18 Å². The van der Waals surface area contributed by atoms with Gasteiger partial charge >= 0.3 is 6.03 Å². The fraction of sp³-hybridized carbons (Fsp3) is 0.500. The number of nitrogens with one attached hydrogen (secondary N) is 2. The Hall–Kier alpha value is -1.62. The molecule has 1 rings (SSSR count). The van der Waals surface area contributed by atoms with E-state index < -0.39 is 18.0 Å². The Morgan fingerprint density at radius 1 is 1.42 bits per heavy atom. The summed E-state index contributed by atoms with van der Waals surface area (Å²) in [6.07, 6.45) is -0.666. The average Bonchev–Trinajstić information content (AvgIpc) is 2.29. The van der Waals surface area contributed by atoms with Gasteiger partial charge in [-0.3, -0.25) is 0 Å². The molecule has 106 valence electrons. The molecule has 3 N–H and O–H groups in total. The van der Waals surface area contributed by atoms with Crippen molar-refractivity contribution in [3.05, 3.63) is 29.6 Å². The Kier molecular flexibility index (Phi) is 4.89. The van der Waals surface area contributed by atoms with Gasteiger partial charge in [-0.05, 0) is 30.0 Å². The number of anilines is 1. The van der Waals surface area contributed by atoms with E-state index in [1.165, 1.54) is 6.07 Å². The molecule has 1 unspecified atom stereocenters.